The number of carboxylic acid groups (broad SMARTS) is 1. The van der Waals surface area contributed by atoms with Crippen molar-refractivity contribution in [3.8, 4) is 0 Å². The molecular weight excluding hydrogens is 216 g/mol. The Morgan fingerprint density at radius 1 is 1.47 bits per heavy atom. The van der Waals surface area contributed by atoms with Gasteiger partial charge in [0.2, 0.25) is 5.91 Å². The Labute approximate surface area is 94.0 Å². The van der Waals surface area contributed by atoms with Crippen LogP contribution in [0, 0.1) is 0 Å². The third kappa shape index (κ3) is 8.26. The van der Waals surface area contributed by atoms with Gasteiger partial charge in [-0.2, -0.15) is 11.8 Å². The van der Waals surface area contributed by atoms with E-state index in [4.69, 9.17) is 10.8 Å². The zero-order chi connectivity index (χ0) is 11.7. The molecule has 0 saturated carbocycles. The van der Waals surface area contributed by atoms with E-state index in [1.807, 2.05) is 0 Å². The third-order valence-corrected chi connectivity index (χ3v) is 2.75. The molecule has 5 nitrogen and oxygen atoms in total. The van der Waals surface area contributed by atoms with E-state index >= 15 is 0 Å². The maximum absolute atomic E-state index is 11.4. The molecule has 0 aliphatic rings. The van der Waals surface area contributed by atoms with E-state index in [0.29, 0.717) is 24.6 Å². The number of carboxylic acids is 1. The number of rotatable bonds is 8. The van der Waals surface area contributed by atoms with Crippen molar-refractivity contribution in [3.05, 3.63) is 0 Å². The fourth-order valence-electron chi connectivity index (χ4n) is 0.882. The number of carbonyl (C=O) groups is 2. The molecule has 0 aromatic heterocycles. The molecule has 0 rings (SSSR count). The molecule has 0 aliphatic carbocycles. The van der Waals surface area contributed by atoms with E-state index in [0.717, 1.165) is 6.42 Å². The molecule has 15 heavy (non-hydrogen) atoms. The normalized spacial score (nSPS) is 10.0. The number of nitrogens with two attached hydrogens (primary N) is 1. The minimum absolute atomic E-state index is 0.0267. The summed E-state index contributed by atoms with van der Waals surface area (Å²) in [4.78, 5) is 23.2. The number of thioether (sulfide) groups is 1. The first-order chi connectivity index (χ1) is 7.07. The molecule has 1 amide bonds. The van der Waals surface area contributed by atoms with E-state index in [9.17, 15) is 9.59 Å². The van der Waals surface area contributed by atoms with Crippen molar-refractivity contribution in [1.29, 1.82) is 0 Å². The number of nitrogens with zero attached hydrogens (tertiary/aromatic N) is 1. The van der Waals surface area contributed by atoms with Gasteiger partial charge in [0.15, 0.2) is 0 Å². The van der Waals surface area contributed by atoms with Gasteiger partial charge in [0.05, 0.1) is 12.2 Å². The Morgan fingerprint density at radius 2 is 2.13 bits per heavy atom. The molecule has 0 aromatic rings. The van der Waals surface area contributed by atoms with Crippen LogP contribution in [0.5, 0.6) is 0 Å². The third-order valence-electron chi connectivity index (χ3n) is 1.81. The molecule has 0 saturated heterocycles. The highest BCUT2D eigenvalue weighted by molar-refractivity contribution is 7.99. The molecule has 0 spiro atoms. The molecule has 0 heterocycles. The summed E-state index contributed by atoms with van der Waals surface area (Å²) in [5, 5.41) is 8.38. The van der Waals surface area contributed by atoms with Crippen LogP contribution in [0.1, 0.15) is 12.8 Å². The van der Waals surface area contributed by atoms with Gasteiger partial charge >= 0.3 is 5.97 Å². The first-order valence-corrected chi connectivity index (χ1v) is 5.97. The fourth-order valence-corrected chi connectivity index (χ4v) is 1.74. The highest BCUT2D eigenvalue weighted by Crippen LogP contribution is 2.04. The van der Waals surface area contributed by atoms with Crippen LogP contribution in [0.4, 0.5) is 0 Å². The van der Waals surface area contributed by atoms with Crippen LogP contribution in [0.25, 0.3) is 0 Å². The van der Waals surface area contributed by atoms with Crippen LogP contribution in [-0.2, 0) is 9.59 Å². The summed E-state index contributed by atoms with van der Waals surface area (Å²) >= 11 is 1.35. The zero-order valence-corrected chi connectivity index (χ0v) is 9.76. The number of carbonyl (C=O) groups excluding carboxylic acids is 1. The number of aliphatic carboxylic acids is 1. The highest BCUT2D eigenvalue weighted by atomic mass is 32.2. The summed E-state index contributed by atoms with van der Waals surface area (Å²) < 4.78 is 0. The van der Waals surface area contributed by atoms with Gasteiger partial charge in [-0.3, -0.25) is 9.59 Å². The van der Waals surface area contributed by atoms with E-state index in [1.165, 1.54) is 11.8 Å². The first kappa shape index (κ1) is 14.2. The number of hydrogen-bond acceptors (Lipinski definition) is 4. The van der Waals surface area contributed by atoms with Crippen LogP contribution in [-0.4, -0.2) is 53.5 Å². The smallest absolute Gasteiger partial charge is 0.304 e. The zero-order valence-electron chi connectivity index (χ0n) is 8.94. The van der Waals surface area contributed by atoms with E-state index in [2.05, 4.69) is 0 Å². The van der Waals surface area contributed by atoms with E-state index < -0.39 is 5.97 Å². The monoisotopic (exact) mass is 234 g/mol. The van der Waals surface area contributed by atoms with Crippen molar-refractivity contribution in [2.75, 3.05) is 31.6 Å². The summed E-state index contributed by atoms with van der Waals surface area (Å²) in [7, 11) is 1.73. The van der Waals surface area contributed by atoms with Gasteiger partial charge in [0.25, 0.3) is 0 Å². The molecule has 3 N–H and O–H groups in total. The van der Waals surface area contributed by atoms with Crippen molar-refractivity contribution in [2.45, 2.75) is 12.8 Å². The molecular formula is C9H18N2O3S. The Bertz CT molecular complexity index is 212. The topological polar surface area (TPSA) is 83.6 Å². The molecule has 88 valence electrons. The summed E-state index contributed by atoms with van der Waals surface area (Å²) in [5.74, 6) is 0.0189. The van der Waals surface area contributed by atoms with Crippen molar-refractivity contribution in [1.82, 2.24) is 4.90 Å². The lowest BCUT2D eigenvalue weighted by Crippen LogP contribution is -2.30. The van der Waals surface area contributed by atoms with Crippen molar-refractivity contribution >= 4 is 23.6 Å². The second kappa shape index (κ2) is 8.55. The summed E-state index contributed by atoms with van der Waals surface area (Å²) in [6, 6.07) is 0. The van der Waals surface area contributed by atoms with Crippen molar-refractivity contribution < 1.29 is 14.7 Å². The Morgan fingerprint density at radius 3 is 2.67 bits per heavy atom. The molecule has 0 unspecified atom stereocenters. The summed E-state index contributed by atoms with van der Waals surface area (Å²) in [6.07, 6.45) is 0.895. The molecule has 0 fully saturated rings. The lowest BCUT2D eigenvalue weighted by molar-refractivity contribution is -0.136. The van der Waals surface area contributed by atoms with Crippen LogP contribution < -0.4 is 5.73 Å². The average Bonchev–Trinajstić information content (AvgIpc) is 2.20. The molecule has 0 bridgehead atoms. The van der Waals surface area contributed by atoms with Gasteiger partial charge in [0.1, 0.15) is 0 Å². The van der Waals surface area contributed by atoms with Crippen molar-refractivity contribution in [3.63, 3.8) is 0 Å². The molecule has 0 aromatic carbocycles. The second-order valence-corrected chi connectivity index (χ2v) is 4.26. The Balaban J connectivity index is 3.51. The van der Waals surface area contributed by atoms with E-state index in [-0.39, 0.29) is 12.3 Å². The summed E-state index contributed by atoms with van der Waals surface area (Å²) in [5.41, 5.74) is 5.32. The van der Waals surface area contributed by atoms with Gasteiger partial charge in [0, 0.05) is 19.3 Å². The Hall–Kier alpha value is -0.750. The van der Waals surface area contributed by atoms with Gasteiger partial charge in [-0.1, -0.05) is 0 Å². The van der Waals surface area contributed by atoms with Crippen LogP contribution in [0.3, 0.4) is 0 Å². The maximum Gasteiger partial charge on any atom is 0.304 e. The second-order valence-electron chi connectivity index (χ2n) is 3.15. The van der Waals surface area contributed by atoms with Crippen LogP contribution >= 0.6 is 11.8 Å². The minimum atomic E-state index is -0.827. The van der Waals surface area contributed by atoms with Gasteiger partial charge in [-0.15, -0.1) is 0 Å². The minimum Gasteiger partial charge on any atom is -0.481 e. The standard InChI is InChI=1S/C9H18N2O3S/c1-11(5-2-4-10)8(12)7-15-6-3-9(13)14/h2-7,10H2,1H3,(H,13,14). The molecule has 0 radical (unpaired) electrons. The van der Waals surface area contributed by atoms with Crippen LogP contribution in [0.2, 0.25) is 0 Å². The molecule has 0 atom stereocenters. The quantitative estimate of drug-likeness (QED) is 0.578. The largest absolute Gasteiger partial charge is 0.481 e. The lowest BCUT2D eigenvalue weighted by Gasteiger charge is -2.16. The van der Waals surface area contributed by atoms with Gasteiger partial charge in [-0.25, -0.2) is 0 Å². The maximum atomic E-state index is 11.4. The molecule has 6 heteroatoms. The average molecular weight is 234 g/mol. The lowest BCUT2D eigenvalue weighted by atomic mass is 10.4. The number of amides is 1. The number of hydrogen-bond donors (Lipinski definition) is 2. The first-order valence-electron chi connectivity index (χ1n) is 4.81. The molecule has 0 aliphatic heterocycles. The van der Waals surface area contributed by atoms with Gasteiger partial charge < -0.3 is 15.7 Å². The fraction of sp³-hybridized carbons (Fsp3) is 0.778. The summed E-state index contributed by atoms with van der Waals surface area (Å²) in [6.45, 7) is 1.23. The van der Waals surface area contributed by atoms with E-state index in [1.54, 1.807) is 11.9 Å². The van der Waals surface area contributed by atoms with Crippen molar-refractivity contribution in [2.24, 2.45) is 5.73 Å². The van der Waals surface area contributed by atoms with Gasteiger partial charge in [-0.05, 0) is 13.0 Å². The SMILES string of the molecule is CN(CCCN)C(=O)CSCCC(=O)O. The predicted molar refractivity (Wildman–Crippen MR) is 60.9 cm³/mol. The Kier molecular flexibility index (Phi) is 8.12. The van der Waals surface area contributed by atoms with Crippen LogP contribution in [0.15, 0.2) is 0 Å². The highest BCUT2D eigenvalue weighted by Gasteiger charge is 2.08. The predicted octanol–water partition coefficient (Wildman–Crippen LogP) is 0.00150.